The topological polar surface area (TPSA) is 54.5 Å². The van der Waals surface area contributed by atoms with Crippen LogP contribution in [-0.2, 0) is 0 Å². The van der Waals surface area contributed by atoms with Gasteiger partial charge in [-0.05, 0) is 35.9 Å². The molecule has 0 saturated carbocycles. The lowest BCUT2D eigenvalue weighted by atomic mass is 10.1. The molecule has 0 amide bonds. The molecule has 7 heteroatoms. The highest BCUT2D eigenvalue weighted by atomic mass is 35.5. The van der Waals surface area contributed by atoms with Crippen molar-refractivity contribution in [3.8, 4) is 22.5 Å². The van der Waals surface area contributed by atoms with Gasteiger partial charge in [0, 0.05) is 22.3 Å². The van der Waals surface area contributed by atoms with E-state index < -0.39 is 0 Å². The van der Waals surface area contributed by atoms with Crippen molar-refractivity contribution in [2.45, 2.75) is 0 Å². The number of aromatic nitrogens is 4. The quantitative estimate of drug-likeness (QED) is 0.706. The fourth-order valence-corrected chi connectivity index (χ4v) is 2.51. The summed E-state index contributed by atoms with van der Waals surface area (Å²) in [6.07, 6.45) is 3.25. The number of H-pyrrole nitrogens is 1. The summed E-state index contributed by atoms with van der Waals surface area (Å²) in [6.45, 7) is 0. The molecule has 4 nitrogen and oxygen atoms in total. The summed E-state index contributed by atoms with van der Waals surface area (Å²) in [7, 11) is 0. The Kier molecular flexibility index (Phi) is 3.61. The molecule has 0 atom stereocenters. The SMILES string of the molecule is Clc1ccc(-c2[nH]ncc2-c2ccnc(Cl)n2)c(Cl)c1. The van der Waals surface area contributed by atoms with Crippen molar-refractivity contribution in [1.82, 2.24) is 20.2 Å². The van der Waals surface area contributed by atoms with Gasteiger partial charge in [0.05, 0.1) is 22.6 Å². The maximum atomic E-state index is 6.22. The molecule has 0 aliphatic heterocycles. The minimum Gasteiger partial charge on any atom is -0.277 e. The van der Waals surface area contributed by atoms with Gasteiger partial charge < -0.3 is 0 Å². The largest absolute Gasteiger partial charge is 0.277 e. The Morgan fingerprint density at radius 1 is 1.00 bits per heavy atom. The maximum absolute atomic E-state index is 6.22. The van der Waals surface area contributed by atoms with E-state index in [4.69, 9.17) is 34.8 Å². The van der Waals surface area contributed by atoms with Crippen molar-refractivity contribution in [2.75, 3.05) is 0 Å². The summed E-state index contributed by atoms with van der Waals surface area (Å²) in [5.74, 6) is 0. The van der Waals surface area contributed by atoms with Crippen LogP contribution in [0.2, 0.25) is 15.3 Å². The number of benzene rings is 1. The molecule has 0 fully saturated rings. The first kappa shape index (κ1) is 13.4. The average Bonchev–Trinajstić information content (AvgIpc) is 2.87. The molecule has 0 saturated heterocycles. The number of halogens is 3. The maximum Gasteiger partial charge on any atom is 0.222 e. The Bertz CT molecular complexity index is 770. The fraction of sp³-hybridized carbons (Fsp3) is 0. The summed E-state index contributed by atoms with van der Waals surface area (Å²) in [4.78, 5) is 8.04. The van der Waals surface area contributed by atoms with Crippen LogP contribution in [0, 0.1) is 0 Å². The van der Waals surface area contributed by atoms with Crippen molar-refractivity contribution in [3.63, 3.8) is 0 Å². The molecule has 0 radical (unpaired) electrons. The van der Waals surface area contributed by atoms with E-state index in [1.165, 1.54) is 0 Å². The zero-order valence-electron chi connectivity index (χ0n) is 9.94. The molecular formula is C13H7Cl3N4. The minimum absolute atomic E-state index is 0.178. The zero-order chi connectivity index (χ0) is 14.1. The molecule has 20 heavy (non-hydrogen) atoms. The third kappa shape index (κ3) is 2.50. The third-order valence-corrected chi connectivity index (χ3v) is 3.47. The van der Waals surface area contributed by atoms with Crippen LogP contribution >= 0.6 is 34.8 Å². The molecule has 1 N–H and O–H groups in total. The summed E-state index contributed by atoms with van der Waals surface area (Å²) in [5, 5.41) is 8.25. The highest BCUT2D eigenvalue weighted by Gasteiger charge is 2.14. The van der Waals surface area contributed by atoms with Crippen molar-refractivity contribution < 1.29 is 0 Å². The van der Waals surface area contributed by atoms with Crippen molar-refractivity contribution in [1.29, 1.82) is 0 Å². The molecule has 3 rings (SSSR count). The molecule has 2 heterocycles. The van der Waals surface area contributed by atoms with E-state index in [2.05, 4.69) is 20.2 Å². The first-order chi connectivity index (χ1) is 9.65. The Balaban J connectivity index is 2.15. The Morgan fingerprint density at radius 3 is 2.60 bits per heavy atom. The standard InChI is InChI=1S/C13H7Cl3N4/c14-7-1-2-8(10(15)5-7)12-9(6-18-20-12)11-3-4-17-13(16)19-11/h1-6H,(H,18,20). The van der Waals surface area contributed by atoms with E-state index in [1.807, 2.05) is 6.07 Å². The summed E-state index contributed by atoms with van der Waals surface area (Å²) in [5.41, 5.74) is 3.00. The lowest BCUT2D eigenvalue weighted by Gasteiger charge is -2.05. The van der Waals surface area contributed by atoms with Gasteiger partial charge in [0.25, 0.3) is 0 Å². The van der Waals surface area contributed by atoms with Crippen LogP contribution < -0.4 is 0 Å². The van der Waals surface area contributed by atoms with Crippen LogP contribution in [0.4, 0.5) is 0 Å². The second-order valence-corrected chi connectivity index (χ2v) is 5.18. The number of hydrogen-bond donors (Lipinski definition) is 1. The van der Waals surface area contributed by atoms with Gasteiger partial charge in [0.2, 0.25) is 5.28 Å². The highest BCUT2D eigenvalue weighted by Crippen LogP contribution is 2.34. The van der Waals surface area contributed by atoms with Crippen LogP contribution in [-0.4, -0.2) is 20.2 Å². The molecule has 1 aromatic carbocycles. The van der Waals surface area contributed by atoms with E-state index >= 15 is 0 Å². The van der Waals surface area contributed by atoms with Gasteiger partial charge in [-0.2, -0.15) is 5.10 Å². The number of nitrogens with zero attached hydrogens (tertiary/aromatic N) is 3. The van der Waals surface area contributed by atoms with Gasteiger partial charge in [0.1, 0.15) is 0 Å². The van der Waals surface area contributed by atoms with Gasteiger partial charge in [-0.15, -0.1) is 0 Å². The third-order valence-electron chi connectivity index (χ3n) is 2.74. The monoisotopic (exact) mass is 324 g/mol. The number of rotatable bonds is 2. The fourth-order valence-electron chi connectivity index (χ4n) is 1.86. The van der Waals surface area contributed by atoms with E-state index in [9.17, 15) is 0 Å². The highest BCUT2D eigenvalue weighted by molar-refractivity contribution is 6.36. The van der Waals surface area contributed by atoms with E-state index in [-0.39, 0.29) is 5.28 Å². The molecule has 0 aliphatic rings. The minimum atomic E-state index is 0.178. The number of hydrogen-bond acceptors (Lipinski definition) is 3. The Hall–Kier alpha value is -1.62. The van der Waals surface area contributed by atoms with E-state index in [1.54, 1.807) is 30.6 Å². The van der Waals surface area contributed by atoms with Crippen molar-refractivity contribution >= 4 is 34.8 Å². The second kappa shape index (κ2) is 5.40. The van der Waals surface area contributed by atoms with Crippen LogP contribution in [0.15, 0.2) is 36.7 Å². The average molecular weight is 326 g/mol. The van der Waals surface area contributed by atoms with Crippen LogP contribution in [0.5, 0.6) is 0 Å². The molecule has 0 spiro atoms. The van der Waals surface area contributed by atoms with Gasteiger partial charge >= 0.3 is 0 Å². The van der Waals surface area contributed by atoms with Gasteiger partial charge in [0.15, 0.2) is 0 Å². The van der Waals surface area contributed by atoms with E-state index in [0.717, 1.165) is 16.8 Å². The molecule has 0 aliphatic carbocycles. The summed E-state index contributed by atoms with van der Waals surface area (Å²) >= 11 is 17.9. The van der Waals surface area contributed by atoms with Crippen molar-refractivity contribution in [2.24, 2.45) is 0 Å². The number of aromatic amines is 1. The molecule has 0 unspecified atom stereocenters. The Morgan fingerprint density at radius 2 is 1.85 bits per heavy atom. The molecule has 0 bridgehead atoms. The smallest absolute Gasteiger partial charge is 0.222 e. The predicted molar refractivity (Wildman–Crippen MR) is 80.1 cm³/mol. The van der Waals surface area contributed by atoms with Crippen LogP contribution in [0.1, 0.15) is 0 Å². The van der Waals surface area contributed by atoms with Crippen molar-refractivity contribution in [3.05, 3.63) is 52.0 Å². The zero-order valence-corrected chi connectivity index (χ0v) is 12.2. The van der Waals surface area contributed by atoms with Gasteiger partial charge in [-0.3, -0.25) is 5.10 Å². The number of nitrogens with one attached hydrogen (secondary N) is 1. The molecule has 3 aromatic rings. The van der Waals surface area contributed by atoms with Crippen LogP contribution in [0.3, 0.4) is 0 Å². The molecule has 100 valence electrons. The lowest BCUT2D eigenvalue weighted by molar-refractivity contribution is 1.10. The first-order valence-electron chi connectivity index (χ1n) is 5.63. The summed E-state index contributed by atoms with van der Waals surface area (Å²) < 4.78 is 0. The second-order valence-electron chi connectivity index (χ2n) is 3.99. The normalized spacial score (nSPS) is 10.8. The first-order valence-corrected chi connectivity index (χ1v) is 6.76. The van der Waals surface area contributed by atoms with Crippen LogP contribution in [0.25, 0.3) is 22.5 Å². The van der Waals surface area contributed by atoms with Gasteiger partial charge in [-0.1, -0.05) is 23.2 Å². The Labute approximate surface area is 129 Å². The van der Waals surface area contributed by atoms with E-state index in [0.29, 0.717) is 15.7 Å². The summed E-state index contributed by atoms with van der Waals surface area (Å²) in [6, 6.07) is 7.02. The van der Waals surface area contributed by atoms with Gasteiger partial charge in [-0.25, -0.2) is 9.97 Å². The molecular weight excluding hydrogens is 319 g/mol. The predicted octanol–water partition coefficient (Wildman–Crippen LogP) is 4.49. The lowest BCUT2D eigenvalue weighted by Crippen LogP contribution is -1.88. The molecule has 2 aromatic heterocycles.